The van der Waals surface area contributed by atoms with Crippen molar-refractivity contribution in [1.29, 1.82) is 0 Å². The number of amides is 4. The second-order valence-corrected chi connectivity index (χ2v) is 23.1. The first-order chi connectivity index (χ1) is 38.1. The molecule has 2 rings (SSSR count). The summed E-state index contributed by atoms with van der Waals surface area (Å²) in [5.41, 5.74) is 4.84. The van der Waals surface area contributed by atoms with E-state index in [4.69, 9.17) is 5.73 Å². The van der Waals surface area contributed by atoms with Crippen molar-refractivity contribution in [3.05, 3.63) is 0 Å². The lowest BCUT2D eigenvalue weighted by molar-refractivity contribution is -0.138. The summed E-state index contributed by atoms with van der Waals surface area (Å²) in [6, 6.07) is 0. The molecule has 85 heavy (non-hydrogen) atoms. The smallest absolute Gasteiger partial charge is 0.406 e. The standard InChI is InChI=1S/C5H10.C4H8F2.C4H9NO2.C4H9NO.C4H8O.C4H8.C3H6F2.C3H7NO2.C3H7NO.C3H9N.C3H6O2.2C3H6O.2C3H8.C2H5NS.C2H6O2S.C2H6OS/c1-2-5-3-4-5;1-3-4(2,5)6;1-3-7-4(6)5-2;1-3-5-4(2)6;1-3-4(2)5;1-4-2-3-4;1-3(2,4)5;1-4-3(5)6-2;1-3(5)4-2;1-4(2)3;1-3(4)5-2;2*1-3(2)4;2*1-3-2;1-2(3)4;1-5(2,3)4;1-4(2)3/h5H,2-4H2,1H3;3H2,1-2H3;3H2,1-2H3,(H,5,6);3H2,1-2H3,(H,5,6);3H2,1-2H3;4H,2-3H2,1H3;1-2H3;1-2H3,(H,4,5);1-2H3,(H,4,5);1-3H3;1-2H3;2*1-2H3;2*3H2,1-2H3;1H3,(H2,3,4);1-2H3;1-2H3. The lowest BCUT2D eigenvalue weighted by Crippen LogP contribution is -2.18. The zero-order valence-electron chi connectivity index (χ0n) is 59.9. The molecule has 0 heterocycles. The molecule has 0 saturated heterocycles. The van der Waals surface area contributed by atoms with Gasteiger partial charge in [-0.3, -0.25) is 18.6 Å². The molecule has 0 spiro atoms. The number of hydrogen-bond acceptors (Lipinski definition) is 16. The van der Waals surface area contributed by atoms with Crippen LogP contribution >= 0.6 is 12.2 Å². The number of sulfone groups is 1. The van der Waals surface area contributed by atoms with Crippen molar-refractivity contribution in [1.82, 2.24) is 26.2 Å². The quantitative estimate of drug-likeness (QED) is 0.0740. The van der Waals surface area contributed by atoms with E-state index >= 15 is 0 Å². The van der Waals surface area contributed by atoms with Gasteiger partial charge >= 0.3 is 18.2 Å². The number of nitrogens with one attached hydrogen (secondary N) is 4. The van der Waals surface area contributed by atoms with Crippen LogP contribution in [0.1, 0.15) is 210 Å². The first-order valence-corrected chi connectivity index (χ1v) is 32.3. The number of alkyl carbamates (subject to hydrolysis) is 2. The fourth-order valence-corrected chi connectivity index (χ4v) is 1.25. The van der Waals surface area contributed by atoms with Crippen molar-refractivity contribution in [2.75, 3.05) is 94.7 Å². The Balaban J connectivity index is -0.0000000425. The molecule has 0 radical (unpaired) electrons. The van der Waals surface area contributed by atoms with Crippen LogP contribution in [-0.4, -0.2) is 176 Å². The van der Waals surface area contributed by atoms with E-state index in [0.717, 1.165) is 51.7 Å². The minimum Gasteiger partial charge on any atom is -0.469 e. The molecule has 2 aliphatic rings. The van der Waals surface area contributed by atoms with Crippen molar-refractivity contribution in [3.63, 3.8) is 0 Å². The third-order valence-electron chi connectivity index (χ3n) is 5.19. The summed E-state index contributed by atoms with van der Waals surface area (Å²) in [5.74, 6) is -2.35. The Kier molecular flexibility index (Phi) is 142. The van der Waals surface area contributed by atoms with Crippen LogP contribution in [0.4, 0.5) is 27.2 Å². The Hall–Kier alpha value is -4.37. The van der Waals surface area contributed by atoms with Gasteiger partial charge in [-0.15, -0.1) is 0 Å². The van der Waals surface area contributed by atoms with E-state index in [2.05, 4.69) is 89.2 Å². The predicted octanol–water partition coefficient (Wildman–Crippen LogP) is 12.5. The van der Waals surface area contributed by atoms with E-state index < -0.39 is 38.6 Å². The number of methoxy groups -OCH3 is 2. The van der Waals surface area contributed by atoms with Gasteiger partial charge in [0, 0.05) is 97.1 Å². The average Bonchev–Trinajstić information content (AvgIpc) is 4.27. The van der Waals surface area contributed by atoms with E-state index in [9.17, 15) is 68.5 Å². The number of carbonyl (C=O) groups excluding carboxylic acids is 8. The molecule has 0 bridgehead atoms. The highest BCUT2D eigenvalue weighted by atomic mass is 32.2. The third kappa shape index (κ3) is 791. The van der Waals surface area contributed by atoms with Gasteiger partial charge < -0.3 is 60.5 Å². The number of ether oxygens (including phenoxy) is 3. The molecule has 6 N–H and O–H groups in total. The Morgan fingerprint density at radius 3 is 0.847 bits per heavy atom. The van der Waals surface area contributed by atoms with Crippen LogP contribution in [0.5, 0.6) is 0 Å². The van der Waals surface area contributed by atoms with Crippen LogP contribution in [0.3, 0.4) is 0 Å². The van der Waals surface area contributed by atoms with Crippen LogP contribution < -0.4 is 27.0 Å². The van der Waals surface area contributed by atoms with Gasteiger partial charge in [-0.05, 0) is 109 Å². The fraction of sp³-hybridized carbons (Fsp3) is 0.845. The zero-order valence-corrected chi connectivity index (χ0v) is 62.4. The molecule has 2 saturated carbocycles. The van der Waals surface area contributed by atoms with E-state index in [-0.39, 0.29) is 47.6 Å². The fourth-order valence-electron chi connectivity index (χ4n) is 1.25. The minimum atomic E-state index is -2.67. The Morgan fingerprint density at radius 2 is 0.835 bits per heavy atom. The highest BCUT2D eigenvalue weighted by Crippen LogP contribution is 2.31. The number of nitrogens with two attached hydrogens (primary N) is 1. The maximum absolute atomic E-state index is 11.5. The molecule has 0 aromatic rings. The van der Waals surface area contributed by atoms with Gasteiger partial charge in [0.1, 0.15) is 27.2 Å². The largest absolute Gasteiger partial charge is 0.469 e. The predicted molar refractivity (Wildman–Crippen MR) is 356 cm³/mol. The number of halogens is 4. The number of esters is 1. The Labute approximate surface area is 526 Å². The van der Waals surface area contributed by atoms with Crippen molar-refractivity contribution in [2.45, 2.75) is 222 Å². The summed E-state index contributed by atoms with van der Waals surface area (Å²) in [6.07, 6.45) is 15.3. The molecule has 4 amide bonds. The molecular formula is C58H132F4N6O14S3. The summed E-state index contributed by atoms with van der Waals surface area (Å²) >= 11 is 4.31. The van der Waals surface area contributed by atoms with Gasteiger partial charge in [-0.1, -0.05) is 113 Å². The van der Waals surface area contributed by atoms with Crippen LogP contribution in [0, 0.1) is 11.8 Å². The number of alkyl halides is 4. The SMILES string of the molecule is CC(C)(F)F.CC(C)=O.CC(C)=O.CC(N)=S.CC1CC1.CCC.CCC.CCC(C)(F)F.CCC(C)=O.CCC1CC1.CCNC(C)=O.CCOC(=O)NC.CN(C)C.CNC(=O)OC.CNC(C)=O.COC(C)=O.CS(C)(=O)=O.CS(C)=O. The second-order valence-electron chi connectivity index (χ2n) is 18.7. The second kappa shape index (κ2) is 98.7. The van der Waals surface area contributed by atoms with Gasteiger partial charge in [0.25, 0.3) is 0 Å². The van der Waals surface area contributed by atoms with E-state index in [1.165, 1.54) is 129 Å². The summed E-state index contributed by atoms with van der Waals surface area (Å²) in [7, 11) is 10.0. The van der Waals surface area contributed by atoms with E-state index in [0.29, 0.717) is 18.0 Å². The lowest BCUT2D eigenvalue weighted by atomic mass is 10.3. The summed E-state index contributed by atoms with van der Waals surface area (Å²) in [4.78, 5) is 80.4. The van der Waals surface area contributed by atoms with Crippen molar-refractivity contribution >= 4 is 85.2 Å². The summed E-state index contributed by atoms with van der Waals surface area (Å²) in [5, 5.41) is 9.52. The molecule has 0 atom stereocenters. The number of nitrogens with zero attached hydrogens (tertiary/aromatic N) is 1. The molecule has 0 aromatic carbocycles. The van der Waals surface area contributed by atoms with Gasteiger partial charge in [-0.2, -0.15) is 0 Å². The maximum atomic E-state index is 11.5. The highest BCUT2D eigenvalue weighted by Gasteiger charge is 2.17. The normalized spacial score (nSPS) is 9.93. The first-order valence-electron chi connectivity index (χ1n) is 27.6. The van der Waals surface area contributed by atoms with Gasteiger partial charge in [0.2, 0.25) is 23.7 Å². The molecule has 27 heteroatoms. The molecule has 20 nitrogen and oxygen atoms in total. The van der Waals surface area contributed by atoms with Gasteiger partial charge in [0.15, 0.2) is 0 Å². The minimum absolute atomic E-state index is 0.00463. The molecular weight excluding hydrogens is 1180 g/mol. The topological polar surface area (TPSA) is 293 Å². The molecule has 2 fully saturated rings. The zero-order chi connectivity index (χ0) is 72.7. The van der Waals surface area contributed by atoms with Crippen LogP contribution in [-0.2, 0) is 63.6 Å². The molecule has 0 aromatic heterocycles. The first kappa shape index (κ1) is 122. The molecule has 0 unspecified atom stereocenters. The van der Waals surface area contributed by atoms with Crippen LogP contribution in [0.15, 0.2) is 0 Å². The highest BCUT2D eigenvalue weighted by molar-refractivity contribution is 7.89. The number of rotatable bonds is 5. The summed E-state index contributed by atoms with van der Waals surface area (Å²) in [6.45, 7) is 37.5. The van der Waals surface area contributed by atoms with Crippen LogP contribution in [0.25, 0.3) is 0 Å². The molecule has 2 aliphatic carbocycles. The van der Waals surface area contributed by atoms with Crippen molar-refractivity contribution in [2.24, 2.45) is 17.6 Å². The maximum Gasteiger partial charge on any atom is 0.406 e. The Bertz CT molecular complexity index is 1460. The van der Waals surface area contributed by atoms with Crippen molar-refractivity contribution in [3.8, 4) is 0 Å². The lowest BCUT2D eigenvalue weighted by Gasteiger charge is -2.02. The number of ketones is 3. The van der Waals surface area contributed by atoms with Crippen LogP contribution in [0.2, 0.25) is 0 Å². The third-order valence-corrected chi connectivity index (χ3v) is 5.19. The van der Waals surface area contributed by atoms with E-state index in [1.54, 1.807) is 40.3 Å². The number of thiocarbonyl (C=S) groups is 1. The summed E-state index contributed by atoms with van der Waals surface area (Å²) < 4.78 is 86.5. The Morgan fingerprint density at radius 1 is 0.635 bits per heavy atom. The molecule has 0 aliphatic heterocycles. The average molecular weight is 1310 g/mol. The van der Waals surface area contributed by atoms with Crippen molar-refractivity contribution < 1.29 is 82.8 Å². The monoisotopic (exact) mass is 1310 g/mol. The number of carbonyl (C=O) groups is 8. The van der Waals surface area contributed by atoms with Gasteiger partial charge in [0.05, 0.1) is 25.8 Å². The van der Waals surface area contributed by atoms with Gasteiger partial charge in [-0.25, -0.2) is 35.6 Å². The molecule has 524 valence electrons. The number of hydrogen-bond donors (Lipinski definition) is 5. The number of Topliss-reactive ketones (excluding diaryl/α,β-unsaturated/α-hetero) is 3. The van der Waals surface area contributed by atoms with E-state index in [1.807, 2.05) is 39.9 Å².